The van der Waals surface area contributed by atoms with Gasteiger partial charge < -0.3 is 10.6 Å². The van der Waals surface area contributed by atoms with E-state index in [0.29, 0.717) is 11.8 Å². The van der Waals surface area contributed by atoms with Gasteiger partial charge in [0.05, 0.1) is 6.54 Å². The molecule has 100 valence electrons. The lowest BCUT2D eigenvalue weighted by atomic mass is 10.3. The predicted molar refractivity (Wildman–Crippen MR) is 74.5 cm³/mol. The fraction of sp³-hybridized carbons (Fsp3) is 0.917. The van der Waals surface area contributed by atoms with Crippen LogP contribution in [0.1, 0.15) is 19.8 Å². The Kier molecular flexibility index (Phi) is 7.64. The van der Waals surface area contributed by atoms with Crippen LogP contribution in [0.4, 0.5) is 0 Å². The predicted octanol–water partition coefficient (Wildman–Crippen LogP) is 0.540. The molecule has 0 aliphatic carbocycles. The van der Waals surface area contributed by atoms with Crippen LogP contribution in [-0.4, -0.2) is 61.6 Å². The Morgan fingerprint density at radius 2 is 2.29 bits per heavy atom. The van der Waals surface area contributed by atoms with Gasteiger partial charge in [-0.3, -0.25) is 9.69 Å². The monoisotopic (exact) mass is 259 g/mol. The summed E-state index contributed by atoms with van der Waals surface area (Å²) < 4.78 is 0. The molecular weight excluding hydrogens is 234 g/mol. The third kappa shape index (κ3) is 6.91. The van der Waals surface area contributed by atoms with Crippen LogP contribution < -0.4 is 10.6 Å². The number of hydrogen-bond acceptors (Lipinski definition) is 4. The summed E-state index contributed by atoms with van der Waals surface area (Å²) in [6.45, 7) is 7.62. The number of hydrogen-bond donors (Lipinski definition) is 2. The van der Waals surface area contributed by atoms with E-state index < -0.39 is 0 Å². The molecule has 1 aliphatic rings. The zero-order valence-electron chi connectivity index (χ0n) is 11.0. The molecule has 0 aromatic heterocycles. The molecule has 1 amide bonds. The minimum absolute atomic E-state index is 0.167. The van der Waals surface area contributed by atoms with Crippen molar-refractivity contribution in [2.75, 3.05) is 45.5 Å². The van der Waals surface area contributed by atoms with Crippen molar-refractivity contribution in [3.05, 3.63) is 0 Å². The molecule has 1 aliphatic heterocycles. The van der Waals surface area contributed by atoms with Gasteiger partial charge in [0.15, 0.2) is 0 Å². The van der Waals surface area contributed by atoms with Gasteiger partial charge in [0, 0.05) is 24.9 Å². The van der Waals surface area contributed by atoms with E-state index in [2.05, 4.69) is 28.7 Å². The van der Waals surface area contributed by atoms with Crippen molar-refractivity contribution in [1.82, 2.24) is 15.5 Å². The molecule has 1 atom stereocenters. The highest BCUT2D eigenvalue weighted by atomic mass is 32.2. The normalized spacial score (nSPS) is 19.6. The average molecular weight is 259 g/mol. The molecule has 0 spiro atoms. The summed E-state index contributed by atoms with van der Waals surface area (Å²) in [6.07, 6.45) is 4.29. The van der Waals surface area contributed by atoms with Crippen LogP contribution >= 0.6 is 11.8 Å². The molecule has 2 N–H and O–H groups in total. The van der Waals surface area contributed by atoms with Gasteiger partial charge in [0.1, 0.15) is 0 Å². The molecule has 0 aromatic rings. The lowest BCUT2D eigenvalue weighted by Crippen LogP contribution is -2.39. The molecule has 0 radical (unpaired) electrons. The van der Waals surface area contributed by atoms with Crippen molar-refractivity contribution in [1.29, 1.82) is 0 Å². The zero-order valence-corrected chi connectivity index (χ0v) is 11.8. The van der Waals surface area contributed by atoms with Crippen molar-refractivity contribution in [2.45, 2.75) is 25.0 Å². The molecule has 1 heterocycles. The summed E-state index contributed by atoms with van der Waals surface area (Å²) in [7, 11) is 0. The van der Waals surface area contributed by atoms with Gasteiger partial charge >= 0.3 is 0 Å². The lowest BCUT2D eigenvalue weighted by molar-refractivity contribution is -0.122. The Morgan fingerprint density at radius 1 is 1.47 bits per heavy atom. The quantitative estimate of drug-likeness (QED) is 0.731. The Hall–Kier alpha value is -0.260. The molecule has 17 heavy (non-hydrogen) atoms. The van der Waals surface area contributed by atoms with Gasteiger partial charge in [-0.25, -0.2) is 0 Å². The summed E-state index contributed by atoms with van der Waals surface area (Å²) >= 11 is 1.84. The number of nitrogens with one attached hydrogen (secondary N) is 2. The first kappa shape index (κ1) is 14.8. The highest BCUT2D eigenvalue weighted by Gasteiger charge is 2.12. The first-order valence-corrected chi connectivity index (χ1v) is 7.73. The van der Waals surface area contributed by atoms with Gasteiger partial charge in [-0.1, -0.05) is 6.92 Å². The maximum atomic E-state index is 11.7. The fourth-order valence-electron chi connectivity index (χ4n) is 1.85. The van der Waals surface area contributed by atoms with Crippen LogP contribution in [0.3, 0.4) is 0 Å². The van der Waals surface area contributed by atoms with E-state index in [1.54, 1.807) is 0 Å². The number of carbonyl (C=O) groups is 1. The van der Waals surface area contributed by atoms with Crippen molar-refractivity contribution >= 4 is 17.7 Å². The third-order valence-electron chi connectivity index (χ3n) is 3.08. The molecule has 1 rings (SSSR count). The fourth-order valence-corrected chi connectivity index (χ4v) is 2.20. The standard InChI is InChI=1S/C12H25N3OS/c1-11(17-2)4-6-14-12(16)10-15-8-3-5-13-7-9-15/h11,13H,3-10H2,1-2H3,(H,14,16). The van der Waals surface area contributed by atoms with E-state index in [1.165, 1.54) is 0 Å². The minimum Gasteiger partial charge on any atom is -0.355 e. The van der Waals surface area contributed by atoms with Crippen molar-refractivity contribution in [3.8, 4) is 0 Å². The van der Waals surface area contributed by atoms with E-state index in [9.17, 15) is 4.79 Å². The molecule has 4 nitrogen and oxygen atoms in total. The Bertz CT molecular complexity index is 218. The first-order valence-electron chi connectivity index (χ1n) is 6.45. The van der Waals surface area contributed by atoms with Crippen LogP contribution in [0.2, 0.25) is 0 Å². The van der Waals surface area contributed by atoms with E-state index in [1.807, 2.05) is 11.8 Å². The van der Waals surface area contributed by atoms with E-state index in [4.69, 9.17) is 0 Å². The van der Waals surface area contributed by atoms with Crippen LogP contribution in [0, 0.1) is 0 Å². The zero-order chi connectivity index (χ0) is 12.5. The summed E-state index contributed by atoms with van der Waals surface area (Å²) in [5.41, 5.74) is 0. The van der Waals surface area contributed by atoms with Crippen LogP contribution in [0.5, 0.6) is 0 Å². The van der Waals surface area contributed by atoms with Gasteiger partial charge in [-0.2, -0.15) is 11.8 Å². The SMILES string of the molecule is CSC(C)CCNC(=O)CN1CCCNCC1. The number of carbonyl (C=O) groups excluding carboxylic acids is 1. The Morgan fingerprint density at radius 3 is 3.06 bits per heavy atom. The maximum Gasteiger partial charge on any atom is 0.234 e. The molecule has 0 aromatic carbocycles. The van der Waals surface area contributed by atoms with Crippen molar-refractivity contribution in [3.63, 3.8) is 0 Å². The minimum atomic E-state index is 0.167. The average Bonchev–Trinajstić information content (AvgIpc) is 2.57. The molecule has 1 saturated heterocycles. The highest BCUT2D eigenvalue weighted by molar-refractivity contribution is 7.99. The van der Waals surface area contributed by atoms with E-state index in [0.717, 1.165) is 45.6 Å². The number of nitrogens with zero attached hydrogens (tertiary/aromatic N) is 1. The second kappa shape index (κ2) is 8.78. The molecule has 0 bridgehead atoms. The van der Waals surface area contributed by atoms with E-state index >= 15 is 0 Å². The number of thioether (sulfide) groups is 1. The molecule has 5 heteroatoms. The second-order valence-electron chi connectivity index (χ2n) is 4.56. The smallest absolute Gasteiger partial charge is 0.234 e. The van der Waals surface area contributed by atoms with Crippen LogP contribution in [0.15, 0.2) is 0 Å². The Labute approximate surface area is 109 Å². The number of amides is 1. The van der Waals surface area contributed by atoms with Gasteiger partial charge in [-0.05, 0) is 32.2 Å². The summed E-state index contributed by atoms with van der Waals surface area (Å²) in [6, 6.07) is 0. The van der Waals surface area contributed by atoms with Gasteiger partial charge in [0.2, 0.25) is 5.91 Å². The highest BCUT2D eigenvalue weighted by Crippen LogP contribution is 2.07. The second-order valence-corrected chi connectivity index (χ2v) is 5.84. The van der Waals surface area contributed by atoms with Gasteiger partial charge in [0.25, 0.3) is 0 Å². The van der Waals surface area contributed by atoms with E-state index in [-0.39, 0.29) is 5.91 Å². The maximum absolute atomic E-state index is 11.7. The Balaban J connectivity index is 2.10. The summed E-state index contributed by atoms with van der Waals surface area (Å²) in [5.74, 6) is 0.167. The molecule has 1 unspecified atom stereocenters. The summed E-state index contributed by atoms with van der Waals surface area (Å²) in [5, 5.41) is 6.96. The van der Waals surface area contributed by atoms with Crippen molar-refractivity contribution < 1.29 is 4.79 Å². The van der Waals surface area contributed by atoms with Crippen LogP contribution in [0.25, 0.3) is 0 Å². The molecule has 0 saturated carbocycles. The number of rotatable bonds is 6. The molecular formula is C12H25N3OS. The van der Waals surface area contributed by atoms with Crippen LogP contribution in [-0.2, 0) is 4.79 Å². The van der Waals surface area contributed by atoms with Crippen molar-refractivity contribution in [2.24, 2.45) is 0 Å². The third-order valence-corrected chi connectivity index (χ3v) is 4.12. The molecule has 1 fully saturated rings. The largest absolute Gasteiger partial charge is 0.355 e. The summed E-state index contributed by atoms with van der Waals surface area (Å²) in [4.78, 5) is 13.9. The lowest BCUT2D eigenvalue weighted by Gasteiger charge is -2.18. The topological polar surface area (TPSA) is 44.4 Å². The van der Waals surface area contributed by atoms with Gasteiger partial charge in [-0.15, -0.1) is 0 Å². The first-order chi connectivity index (χ1) is 8.22.